The van der Waals surface area contributed by atoms with Crippen molar-refractivity contribution in [2.75, 3.05) is 33.1 Å². The van der Waals surface area contributed by atoms with Gasteiger partial charge in [0.25, 0.3) is 5.91 Å². The van der Waals surface area contributed by atoms with Gasteiger partial charge in [0.15, 0.2) is 11.5 Å². The fraction of sp³-hybridized carbons (Fsp3) is 0.469. The van der Waals surface area contributed by atoms with Crippen molar-refractivity contribution < 1.29 is 28.6 Å². The maximum absolute atomic E-state index is 13.8. The molecule has 9 heteroatoms. The molecule has 216 valence electrons. The molecule has 2 N–H and O–H groups in total. The molecule has 1 spiro atoms. The van der Waals surface area contributed by atoms with Crippen LogP contribution >= 0.6 is 0 Å². The zero-order valence-electron chi connectivity index (χ0n) is 23.2. The van der Waals surface area contributed by atoms with Crippen molar-refractivity contribution in [2.24, 2.45) is 11.3 Å². The van der Waals surface area contributed by atoms with Gasteiger partial charge in [-0.1, -0.05) is 42.5 Å². The average molecular weight is 560 g/mol. The number of carbonyl (C=O) groups excluding carboxylic acids is 3. The molecule has 3 amide bonds. The van der Waals surface area contributed by atoms with Crippen LogP contribution in [0, 0.1) is 11.3 Å². The van der Waals surface area contributed by atoms with Crippen LogP contribution in [-0.2, 0) is 20.7 Å². The highest BCUT2D eigenvalue weighted by molar-refractivity contribution is 5.95. The molecule has 4 aliphatic rings. The molecule has 41 heavy (non-hydrogen) atoms. The monoisotopic (exact) mass is 559 g/mol. The molecule has 9 nitrogen and oxygen atoms in total. The van der Waals surface area contributed by atoms with E-state index in [1.54, 1.807) is 18.2 Å². The van der Waals surface area contributed by atoms with E-state index in [-0.39, 0.29) is 36.5 Å². The van der Waals surface area contributed by atoms with E-state index in [1.807, 2.05) is 35.2 Å². The van der Waals surface area contributed by atoms with Crippen molar-refractivity contribution in [1.82, 2.24) is 15.5 Å². The number of carbonyl (C=O) groups is 3. The van der Waals surface area contributed by atoms with E-state index in [2.05, 4.69) is 22.8 Å². The SMILES string of the molecule is O=C1N[C@H]2CCN(C(=O)c3ccc4c(c3)OCO4)C[C@H]2C/C=C/CC2(CCOCC2)C(=O)N[C@@H]1Cc1ccccc1. The highest BCUT2D eigenvalue weighted by Gasteiger charge is 2.42. The highest BCUT2D eigenvalue weighted by Crippen LogP contribution is 2.36. The largest absolute Gasteiger partial charge is 0.454 e. The Bertz CT molecular complexity index is 1310. The number of ether oxygens (including phenoxy) is 3. The molecule has 0 aromatic heterocycles. The first-order valence-electron chi connectivity index (χ1n) is 14.6. The Labute approximate surface area is 240 Å². The summed E-state index contributed by atoms with van der Waals surface area (Å²) in [6.07, 6.45) is 7.80. The first-order valence-corrected chi connectivity index (χ1v) is 14.6. The van der Waals surface area contributed by atoms with Gasteiger partial charge in [-0.15, -0.1) is 0 Å². The number of nitrogens with one attached hydrogen (secondary N) is 2. The Kier molecular flexibility index (Phi) is 7.96. The Morgan fingerprint density at radius 2 is 1.78 bits per heavy atom. The van der Waals surface area contributed by atoms with Gasteiger partial charge in [0.05, 0.1) is 5.41 Å². The Morgan fingerprint density at radius 3 is 2.61 bits per heavy atom. The molecule has 3 atom stereocenters. The zero-order valence-corrected chi connectivity index (χ0v) is 23.2. The molecule has 2 aromatic rings. The summed E-state index contributed by atoms with van der Waals surface area (Å²) in [6.45, 7) is 2.26. The first-order chi connectivity index (χ1) is 20.0. The van der Waals surface area contributed by atoms with Crippen molar-refractivity contribution in [3.05, 3.63) is 71.8 Å². The molecule has 0 bridgehead atoms. The Balaban J connectivity index is 1.23. The fourth-order valence-electron chi connectivity index (χ4n) is 6.38. The van der Waals surface area contributed by atoms with Gasteiger partial charge in [-0.05, 0) is 55.9 Å². The summed E-state index contributed by atoms with van der Waals surface area (Å²) in [5.41, 5.74) is 0.949. The number of amides is 3. The number of hydrogen-bond acceptors (Lipinski definition) is 6. The number of fused-ring (bicyclic) bond motifs is 2. The van der Waals surface area contributed by atoms with Crippen LogP contribution in [-0.4, -0.2) is 67.8 Å². The number of piperidine rings is 1. The van der Waals surface area contributed by atoms with Gasteiger partial charge in [-0.3, -0.25) is 14.4 Å². The molecule has 0 radical (unpaired) electrons. The highest BCUT2D eigenvalue weighted by atomic mass is 16.7. The van der Waals surface area contributed by atoms with Crippen molar-refractivity contribution in [1.29, 1.82) is 0 Å². The van der Waals surface area contributed by atoms with Gasteiger partial charge in [-0.25, -0.2) is 0 Å². The molecule has 4 aliphatic heterocycles. The second-order valence-electron chi connectivity index (χ2n) is 11.5. The minimum Gasteiger partial charge on any atom is -0.454 e. The average Bonchev–Trinajstić information content (AvgIpc) is 3.48. The lowest BCUT2D eigenvalue weighted by molar-refractivity contribution is -0.140. The van der Waals surface area contributed by atoms with Gasteiger partial charge in [0.1, 0.15) is 6.04 Å². The molecular weight excluding hydrogens is 522 g/mol. The van der Waals surface area contributed by atoms with Crippen LogP contribution in [0.15, 0.2) is 60.7 Å². The Morgan fingerprint density at radius 1 is 0.976 bits per heavy atom. The standard InChI is InChI=1S/C32H37N3O6/c36-29-26(18-22-6-2-1-3-7-22)34-31(38)32(13-16-39-17-14-32)12-5-4-8-24-20-35(15-11-25(24)33-29)30(37)23-9-10-27-28(19-23)41-21-40-27/h1-7,9-10,19,24-26H,8,11-18,20-21H2,(H,33,36)(H,34,38)/b5-4+/t24-,25+,26-/m1/s1. The molecule has 4 heterocycles. The third-order valence-electron chi connectivity index (χ3n) is 8.92. The van der Waals surface area contributed by atoms with Gasteiger partial charge in [0.2, 0.25) is 18.6 Å². The minimum atomic E-state index is -0.693. The molecule has 0 unspecified atom stereocenters. The van der Waals surface area contributed by atoms with E-state index in [0.717, 1.165) is 5.56 Å². The first kappa shape index (κ1) is 27.3. The Hall–Kier alpha value is -3.85. The van der Waals surface area contributed by atoms with Crippen LogP contribution in [0.1, 0.15) is 48.0 Å². The summed E-state index contributed by atoms with van der Waals surface area (Å²) >= 11 is 0. The van der Waals surface area contributed by atoms with E-state index in [1.165, 1.54) is 0 Å². The molecule has 2 fully saturated rings. The molecule has 0 saturated carbocycles. The zero-order chi connectivity index (χ0) is 28.2. The van der Waals surface area contributed by atoms with Crippen LogP contribution in [0.4, 0.5) is 0 Å². The molecule has 0 aliphatic carbocycles. The summed E-state index contributed by atoms with van der Waals surface area (Å²) in [7, 11) is 0. The number of benzene rings is 2. The minimum absolute atomic E-state index is 0.0417. The lowest BCUT2D eigenvalue weighted by Gasteiger charge is -2.40. The van der Waals surface area contributed by atoms with E-state index in [9.17, 15) is 14.4 Å². The second-order valence-corrected chi connectivity index (χ2v) is 11.5. The van der Waals surface area contributed by atoms with E-state index < -0.39 is 11.5 Å². The molecule has 2 aromatic carbocycles. The lowest BCUT2D eigenvalue weighted by atomic mass is 9.75. The number of allylic oxidation sites excluding steroid dienone is 2. The van der Waals surface area contributed by atoms with Crippen LogP contribution in [0.3, 0.4) is 0 Å². The van der Waals surface area contributed by atoms with Gasteiger partial charge in [-0.2, -0.15) is 0 Å². The second kappa shape index (κ2) is 11.9. The summed E-state index contributed by atoms with van der Waals surface area (Å²) < 4.78 is 16.5. The topological polar surface area (TPSA) is 106 Å². The smallest absolute Gasteiger partial charge is 0.254 e. The van der Waals surface area contributed by atoms with Crippen LogP contribution in [0.2, 0.25) is 0 Å². The maximum atomic E-state index is 13.8. The van der Waals surface area contributed by atoms with Crippen molar-refractivity contribution >= 4 is 17.7 Å². The third-order valence-corrected chi connectivity index (χ3v) is 8.92. The van der Waals surface area contributed by atoms with Gasteiger partial charge in [0, 0.05) is 50.2 Å². The summed E-state index contributed by atoms with van der Waals surface area (Å²) in [5, 5.41) is 6.40. The molecule has 2 saturated heterocycles. The van der Waals surface area contributed by atoms with Gasteiger partial charge >= 0.3 is 0 Å². The maximum Gasteiger partial charge on any atom is 0.254 e. The van der Waals surface area contributed by atoms with Crippen LogP contribution < -0.4 is 20.1 Å². The van der Waals surface area contributed by atoms with Crippen LogP contribution in [0.5, 0.6) is 11.5 Å². The number of hydrogen-bond donors (Lipinski definition) is 2. The van der Waals surface area contributed by atoms with Crippen molar-refractivity contribution in [3.63, 3.8) is 0 Å². The predicted octanol–water partition coefficient (Wildman–Crippen LogP) is 3.24. The number of nitrogens with zero attached hydrogens (tertiary/aromatic N) is 1. The molecular formula is C32H37N3O6. The molecule has 6 rings (SSSR count). The van der Waals surface area contributed by atoms with E-state index in [4.69, 9.17) is 14.2 Å². The fourth-order valence-corrected chi connectivity index (χ4v) is 6.38. The predicted molar refractivity (Wildman–Crippen MR) is 151 cm³/mol. The number of rotatable bonds is 3. The summed E-state index contributed by atoms with van der Waals surface area (Å²) in [6, 6.07) is 14.3. The van der Waals surface area contributed by atoms with E-state index in [0.29, 0.717) is 81.9 Å². The summed E-state index contributed by atoms with van der Waals surface area (Å²) in [5.74, 6) is 0.952. The summed E-state index contributed by atoms with van der Waals surface area (Å²) in [4.78, 5) is 42.8. The van der Waals surface area contributed by atoms with Crippen LogP contribution in [0.25, 0.3) is 0 Å². The van der Waals surface area contributed by atoms with Crippen molar-refractivity contribution in [3.8, 4) is 11.5 Å². The van der Waals surface area contributed by atoms with Crippen molar-refractivity contribution in [2.45, 2.75) is 50.6 Å². The lowest BCUT2D eigenvalue weighted by Crippen LogP contribution is -2.58. The normalized spacial score (nSPS) is 26.6. The number of likely N-dealkylation sites (tertiary alicyclic amines) is 1. The van der Waals surface area contributed by atoms with E-state index >= 15 is 0 Å². The van der Waals surface area contributed by atoms with Gasteiger partial charge < -0.3 is 29.7 Å². The third kappa shape index (κ3) is 5.95. The quantitative estimate of drug-likeness (QED) is 0.560.